The third-order valence-corrected chi connectivity index (χ3v) is 4.74. The summed E-state index contributed by atoms with van der Waals surface area (Å²) in [7, 11) is 1.80. The Morgan fingerprint density at radius 2 is 1.96 bits per heavy atom. The van der Waals surface area contributed by atoms with Gasteiger partial charge in [-0.15, -0.1) is 11.3 Å². The number of halogens is 1. The van der Waals surface area contributed by atoms with E-state index >= 15 is 0 Å². The van der Waals surface area contributed by atoms with Crippen molar-refractivity contribution < 1.29 is 19.1 Å². The molecule has 2 N–H and O–H groups in total. The van der Waals surface area contributed by atoms with Gasteiger partial charge in [0.1, 0.15) is 13.2 Å². The smallest absolute Gasteiger partial charge is 0.325 e. The van der Waals surface area contributed by atoms with E-state index in [1.54, 1.807) is 30.1 Å². The van der Waals surface area contributed by atoms with Crippen LogP contribution in [0.1, 0.15) is 4.88 Å². The number of likely N-dealkylation sites (N-methyl/N-ethyl adjacent to an activating group) is 1. The fraction of sp³-hybridized carbons (Fsp3) is 0.294. The van der Waals surface area contributed by atoms with E-state index in [1.807, 2.05) is 12.1 Å². The molecule has 3 amide bonds. The molecule has 0 bridgehead atoms. The molecular weight excluding hydrogens is 378 g/mol. The molecule has 1 aliphatic rings. The molecule has 0 aliphatic carbocycles. The average molecular weight is 396 g/mol. The first-order valence-electron chi connectivity index (χ1n) is 7.93. The number of ether oxygens (including phenoxy) is 2. The lowest BCUT2D eigenvalue weighted by molar-refractivity contribution is -0.120. The van der Waals surface area contributed by atoms with Crippen molar-refractivity contribution in [2.24, 2.45) is 0 Å². The number of amides is 3. The van der Waals surface area contributed by atoms with Crippen molar-refractivity contribution >= 4 is 40.6 Å². The highest BCUT2D eigenvalue weighted by Gasteiger charge is 2.15. The Morgan fingerprint density at radius 1 is 1.19 bits per heavy atom. The SMILES string of the molecule is CN(CC(=O)NC(=O)Nc1ccc2c(c1)OCCO2)Cc1ccc(Cl)s1. The summed E-state index contributed by atoms with van der Waals surface area (Å²) in [4.78, 5) is 26.8. The van der Waals surface area contributed by atoms with Crippen molar-refractivity contribution in [2.45, 2.75) is 6.54 Å². The predicted molar refractivity (Wildman–Crippen MR) is 100 cm³/mol. The van der Waals surface area contributed by atoms with Gasteiger partial charge in [-0.1, -0.05) is 11.6 Å². The Balaban J connectivity index is 1.47. The maximum absolute atomic E-state index is 12.0. The summed E-state index contributed by atoms with van der Waals surface area (Å²) in [5.74, 6) is 0.800. The summed E-state index contributed by atoms with van der Waals surface area (Å²) in [6, 6.07) is 8.19. The molecule has 9 heteroatoms. The molecule has 0 radical (unpaired) electrons. The van der Waals surface area contributed by atoms with Crippen molar-refractivity contribution in [1.82, 2.24) is 10.2 Å². The molecule has 138 valence electrons. The van der Waals surface area contributed by atoms with Crippen LogP contribution in [0.3, 0.4) is 0 Å². The second-order valence-corrected chi connectivity index (χ2v) is 7.54. The van der Waals surface area contributed by atoms with Crippen LogP contribution in [-0.4, -0.2) is 43.6 Å². The summed E-state index contributed by atoms with van der Waals surface area (Å²) in [6.07, 6.45) is 0. The summed E-state index contributed by atoms with van der Waals surface area (Å²) >= 11 is 7.35. The van der Waals surface area contributed by atoms with Gasteiger partial charge >= 0.3 is 6.03 Å². The van der Waals surface area contributed by atoms with Gasteiger partial charge in [0.05, 0.1) is 10.9 Å². The number of nitrogens with one attached hydrogen (secondary N) is 2. The second-order valence-electron chi connectivity index (χ2n) is 5.74. The van der Waals surface area contributed by atoms with E-state index in [2.05, 4.69) is 10.6 Å². The highest BCUT2D eigenvalue weighted by molar-refractivity contribution is 7.16. The van der Waals surface area contributed by atoms with Gasteiger partial charge in [0.2, 0.25) is 5.91 Å². The van der Waals surface area contributed by atoms with Crippen LogP contribution in [0.2, 0.25) is 4.34 Å². The van der Waals surface area contributed by atoms with Gasteiger partial charge in [-0.3, -0.25) is 15.0 Å². The Labute approximate surface area is 159 Å². The fourth-order valence-electron chi connectivity index (χ4n) is 2.45. The van der Waals surface area contributed by atoms with Crippen molar-refractivity contribution in [1.29, 1.82) is 0 Å². The maximum Gasteiger partial charge on any atom is 0.325 e. The molecule has 0 saturated carbocycles. The molecule has 1 aromatic carbocycles. The third kappa shape index (κ3) is 5.10. The Hall–Kier alpha value is -2.29. The number of anilines is 1. The minimum atomic E-state index is -0.598. The molecule has 0 atom stereocenters. The van der Waals surface area contributed by atoms with Gasteiger partial charge in [-0.2, -0.15) is 0 Å². The topological polar surface area (TPSA) is 79.9 Å². The van der Waals surface area contributed by atoms with Gasteiger partial charge in [-0.25, -0.2) is 4.79 Å². The molecule has 0 fully saturated rings. The first kappa shape index (κ1) is 18.5. The maximum atomic E-state index is 12.0. The van der Waals surface area contributed by atoms with Crippen molar-refractivity contribution in [2.75, 3.05) is 32.1 Å². The third-order valence-electron chi connectivity index (χ3n) is 3.52. The van der Waals surface area contributed by atoms with E-state index in [0.29, 0.717) is 41.3 Å². The molecule has 7 nitrogen and oxygen atoms in total. The normalized spacial score (nSPS) is 12.7. The summed E-state index contributed by atoms with van der Waals surface area (Å²) in [5, 5.41) is 4.91. The van der Waals surface area contributed by atoms with Crippen LogP contribution >= 0.6 is 22.9 Å². The molecule has 2 heterocycles. The Bertz CT molecular complexity index is 811. The van der Waals surface area contributed by atoms with Crippen LogP contribution in [0.15, 0.2) is 30.3 Å². The second kappa shape index (κ2) is 8.39. The highest BCUT2D eigenvalue weighted by Crippen LogP contribution is 2.32. The predicted octanol–water partition coefficient (Wildman–Crippen LogP) is 2.95. The molecular formula is C17H18ClN3O4S. The largest absolute Gasteiger partial charge is 0.486 e. The van der Waals surface area contributed by atoms with Crippen LogP contribution < -0.4 is 20.1 Å². The zero-order valence-corrected chi connectivity index (χ0v) is 15.7. The number of rotatable bonds is 5. The number of imide groups is 1. The minimum Gasteiger partial charge on any atom is -0.486 e. The number of hydrogen-bond donors (Lipinski definition) is 2. The number of urea groups is 1. The van der Waals surface area contributed by atoms with Crippen molar-refractivity contribution in [3.8, 4) is 11.5 Å². The molecule has 1 aromatic heterocycles. The van der Waals surface area contributed by atoms with Crippen LogP contribution in [0, 0.1) is 0 Å². The number of carbonyl (C=O) groups is 2. The van der Waals surface area contributed by atoms with E-state index in [4.69, 9.17) is 21.1 Å². The van der Waals surface area contributed by atoms with E-state index in [9.17, 15) is 9.59 Å². The monoisotopic (exact) mass is 395 g/mol. The summed E-state index contributed by atoms with van der Waals surface area (Å²) in [5.41, 5.74) is 0.515. The molecule has 0 spiro atoms. The van der Waals surface area contributed by atoms with E-state index in [0.717, 1.165) is 4.88 Å². The summed E-state index contributed by atoms with van der Waals surface area (Å²) in [6.45, 7) is 1.63. The molecule has 0 saturated heterocycles. The van der Waals surface area contributed by atoms with Gasteiger partial charge in [-0.05, 0) is 31.3 Å². The van der Waals surface area contributed by atoms with Crippen LogP contribution in [0.25, 0.3) is 0 Å². The quantitative estimate of drug-likeness (QED) is 0.813. The lowest BCUT2D eigenvalue weighted by atomic mass is 10.2. The molecule has 3 rings (SSSR count). The van der Waals surface area contributed by atoms with Crippen LogP contribution in [0.4, 0.5) is 10.5 Å². The molecule has 26 heavy (non-hydrogen) atoms. The number of thiophene rings is 1. The number of carbonyl (C=O) groups excluding carboxylic acids is 2. The minimum absolute atomic E-state index is 0.0874. The van der Waals surface area contributed by atoms with Gasteiger partial charge < -0.3 is 14.8 Å². The van der Waals surface area contributed by atoms with E-state index in [-0.39, 0.29) is 6.54 Å². The van der Waals surface area contributed by atoms with Gasteiger partial charge in [0.25, 0.3) is 0 Å². The zero-order valence-electron chi connectivity index (χ0n) is 14.1. The number of benzene rings is 1. The van der Waals surface area contributed by atoms with Crippen LogP contribution in [0.5, 0.6) is 11.5 Å². The zero-order chi connectivity index (χ0) is 18.5. The van der Waals surface area contributed by atoms with Crippen LogP contribution in [-0.2, 0) is 11.3 Å². The fourth-order valence-corrected chi connectivity index (χ4v) is 3.62. The number of nitrogens with zero attached hydrogens (tertiary/aromatic N) is 1. The van der Waals surface area contributed by atoms with E-state index < -0.39 is 11.9 Å². The molecule has 0 unspecified atom stereocenters. The Morgan fingerprint density at radius 3 is 2.69 bits per heavy atom. The van der Waals surface area contributed by atoms with Crippen molar-refractivity contribution in [3.05, 3.63) is 39.5 Å². The lowest BCUT2D eigenvalue weighted by Crippen LogP contribution is -2.40. The molecule has 2 aromatic rings. The van der Waals surface area contributed by atoms with E-state index in [1.165, 1.54) is 11.3 Å². The van der Waals surface area contributed by atoms with Gasteiger partial charge in [0, 0.05) is 23.2 Å². The first-order valence-corrected chi connectivity index (χ1v) is 9.12. The average Bonchev–Trinajstić information content (AvgIpc) is 2.99. The lowest BCUT2D eigenvalue weighted by Gasteiger charge is -2.19. The standard InChI is InChI=1S/C17H18ClN3O4S/c1-21(9-12-3-5-15(18)26-12)10-16(22)20-17(23)19-11-2-4-13-14(8-11)25-7-6-24-13/h2-5,8H,6-7,9-10H2,1H3,(H2,19,20,22,23). The summed E-state index contributed by atoms with van der Waals surface area (Å²) < 4.78 is 11.6. The number of fused-ring (bicyclic) bond motifs is 1. The Kier molecular flexibility index (Phi) is 5.97. The first-order chi connectivity index (χ1) is 12.5. The van der Waals surface area contributed by atoms with Gasteiger partial charge in [0.15, 0.2) is 11.5 Å². The molecule has 1 aliphatic heterocycles. The number of hydrogen-bond acceptors (Lipinski definition) is 6. The van der Waals surface area contributed by atoms with Crippen molar-refractivity contribution in [3.63, 3.8) is 0 Å². The highest BCUT2D eigenvalue weighted by atomic mass is 35.5.